The molecule has 8 nitrogen and oxygen atoms in total. The molecule has 0 aromatic carbocycles. The van der Waals surface area contributed by atoms with Gasteiger partial charge in [-0.2, -0.15) is 0 Å². The largest absolute Gasteiger partial charge is 0.443 e. The van der Waals surface area contributed by atoms with Crippen LogP contribution in [0.1, 0.15) is 18.5 Å². The first-order valence-corrected chi connectivity index (χ1v) is 7.38. The molecule has 1 fully saturated rings. The molecular weight excluding hydrogens is 302 g/mol. The smallest absolute Gasteiger partial charge is 0.407 e. The zero-order valence-electron chi connectivity index (χ0n) is 12.7. The Bertz CT molecular complexity index is 533. The quantitative estimate of drug-likeness (QED) is 0.552. The lowest BCUT2D eigenvalue weighted by atomic mass is 10.4. The monoisotopic (exact) mass is 321 g/mol. The van der Waals surface area contributed by atoms with Gasteiger partial charge in [0.25, 0.3) is 0 Å². The molecule has 1 aliphatic heterocycles. The van der Waals surface area contributed by atoms with Crippen LogP contribution in [-0.2, 0) is 25.7 Å². The number of nitrogens with one attached hydrogen (secondary N) is 1. The van der Waals surface area contributed by atoms with Crippen LogP contribution in [0.4, 0.5) is 4.79 Å². The molecule has 1 N–H and O–H groups in total. The van der Waals surface area contributed by atoms with Crippen molar-refractivity contribution in [1.29, 1.82) is 0 Å². The van der Waals surface area contributed by atoms with E-state index in [0.29, 0.717) is 5.69 Å². The second-order valence-electron chi connectivity index (χ2n) is 4.88. The van der Waals surface area contributed by atoms with Gasteiger partial charge in [-0.15, -0.1) is 0 Å². The number of alkyl carbamates (subject to hydrolysis) is 1. The normalized spacial score (nSPS) is 14.2. The molecule has 0 spiro atoms. The summed E-state index contributed by atoms with van der Waals surface area (Å²) in [7, 11) is 0. The first kappa shape index (κ1) is 16.9. The molecule has 1 saturated heterocycles. The number of hydrogen-bond acceptors (Lipinski definition) is 6. The molecule has 23 heavy (non-hydrogen) atoms. The van der Waals surface area contributed by atoms with Crippen LogP contribution < -0.4 is 5.32 Å². The second kappa shape index (κ2) is 8.84. The molecule has 0 radical (unpaired) electrons. The lowest BCUT2D eigenvalue weighted by Crippen LogP contribution is -2.33. The number of ether oxygens (including phenoxy) is 2. The van der Waals surface area contributed by atoms with Gasteiger partial charge in [-0.1, -0.05) is 6.07 Å². The van der Waals surface area contributed by atoms with Crippen molar-refractivity contribution in [2.45, 2.75) is 19.4 Å². The number of carbonyl (C=O) groups excluding carboxylic acids is 3. The minimum Gasteiger partial charge on any atom is -0.443 e. The van der Waals surface area contributed by atoms with Gasteiger partial charge in [-0.05, 0) is 12.1 Å². The standard InChI is InChI=1S/C15H19N3O5/c19-13-4-5-14(20)18(13)8-10-22-9-7-17-15(21)23-11-12-3-1-2-6-16-12/h1-3,6H,4-5,7-11H2,(H,17,21). The van der Waals surface area contributed by atoms with Crippen LogP contribution in [0.2, 0.25) is 0 Å². The van der Waals surface area contributed by atoms with Gasteiger partial charge >= 0.3 is 6.09 Å². The molecule has 2 heterocycles. The fraction of sp³-hybridized carbons (Fsp3) is 0.467. The summed E-state index contributed by atoms with van der Waals surface area (Å²) in [6, 6.07) is 5.36. The third kappa shape index (κ3) is 5.67. The fourth-order valence-electron chi connectivity index (χ4n) is 2.03. The Morgan fingerprint density at radius 3 is 2.70 bits per heavy atom. The Morgan fingerprint density at radius 1 is 1.22 bits per heavy atom. The molecule has 0 atom stereocenters. The van der Waals surface area contributed by atoms with Crippen molar-refractivity contribution in [3.05, 3.63) is 30.1 Å². The molecule has 0 saturated carbocycles. The Labute approximate surface area is 133 Å². The van der Waals surface area contributed by atoms with E-state index in [1.165, 1.54) is 4.90 Å². The zero-order chi connectivity index (χ0) is 16.5. The first-order valence-electron chi connectivity index (χ1n) is 7.38. The highest BCUT2D eigenvalue weighted by molar-refractivity contribution is 6.01. The van der Waals surface area contributed by atoms with Crippen LogP contribution in [0.15, 0.2) is 24.4 Å². The number of rotatable bonds is 8. The van der Waals surface area contributed by atoms with Crippen LogP contribution in [0.5, 0.6) is 0 Å². The highest BCUT2D eigenvalue weighted by Crippen LogP contribution is 2.10. The molecule has 2 rings (SSSR count). The summed E-state index contributed by atoms with van der Waals surface area (Å²) in [5.41, 5.74) is 0.666. The lowest BCUT2D eigenvalue weighted by Gasteiger charge is -2.13. The predicted octanol–water partition coefficient (Wildman–Crippen LogP) is 0.473. The van der Waals surface area contributed by atoms with Crippen LogP contribution in [0.25, 0.3) is 0 Å². The maximum absolute atomic E-state index is 11.4. The fourth-order valence-corrected chi connectivity index (χ4v) is 2.03. The van der Waals surface area contributed by atoms with E-state index < -0.39 is 6.09 Å². The van der Waals surface area contributed by atoms with E-state index >= 15 is 0 Å². The maximum Gasteiger partial charge on any atom is 0.407 e. The van der Waals surface area contributed by atoms with Crippen LogP contribution in [0.3, 0.4) is 0 Å². The molecule has 0 bridgehead atoms. The van der Waals surface area contributed by atoms with E-state index in [-0.39, 0.29) is 57.6 Å². The van der Waals surface area contributed by atoms with Gasteiger partial charge in [0, 0.05) is 25.6 Å². The SMILES string of the molecule is O=C(NCCOCCN1C(=O)CCC1=O)OCc1ccccn1. The van der Waals surface area contributed by atoms with Gasteiger partial charge in [0.05, 0.1) is 25.5 Å². The Kier molecular flexibility index (Phi) is 6.49. The van der Waals surface area contributed by atoms with E-state index in [1.54, 1.807) is 18.3 Å². The average Bonchev–Trinajstić information content (AvgIpc) is 2.88. The highest BCUT2D eigenvalue weighted by Gasteiger charge is 2.28. The minimum absolute atomic E-state index is 0.104. The molecule has 3 amide bonds. The zero-order valence-corrected chi connectivity index (χ0v) is 12.7. The van der Waals surface area contributed by atoms with Gasteiger partial charge in [0.2, 0.25) is 11.8 Å². The summed E-state index contributed by atoms with van der Waals surface area (Å²) >= 11 is 0. The second-order valence-corrected chi connectivity index (χ2v) is 4.88. The molecular formula is C15H19N3O5. The van der Waals surface area contributed by atoms with Crippen molar-refractivity contribution in [2.75, 3.05) is 26.3 Å². The van der Waals surface area contributed by atoms with Crippen molar-refractivity contribution in [3.8, 4) is 0 Å². The molecule has 1 aliphatic rings. The molecule has 124 valence electrons. The van der Waals surface area contributed by atoms with Gasteiger partial charge in [-0.3, -0.25) is 19.5 Å². The number of pyridine rings is 1. The average molecular weight is 321 g/mol. The van der Waals surface area contributed by atoms with E-state index in [9.17, 15) is 14.4 Å². The van der Waals surface area contributed by atoms with E-state index in [2.05, 4.69) is 10.3 Å². The van der Waals surface area contributed by atoms with E-state index in [4.69, 9.17) is 9.47 Å². The summed E-state index contributed by atoms with van der Waals surface area (Å²) < 4.78 is 10.3. The summed E-state index contributed by atoms with van der Waals surface area (Å²) in [4.78, 5) is 39.4. The number of aromatic nitrogens is 1. The lowest BCUT2D eigenvalue weighted by molar-refractivity contribution is -0.139. The van der Waals surface area contributed by atoms with Gasteiger partial charge < -0.3 is 14.8 Å². The molecule has 1 aromatic heterocycles. The number of likely N-dealkylation sites (tertiary alicyclic amines) is 1. The van der Waals surface area contributed by atoms with Crippen LogP contribution in [0, 0.1) is 0 Å². The number of amides is 3. The minimum atomic E-state index is -0.552. The van der Waals surface area contributed by atoms with Gasteiger partial charge in [0.15, 0.2) is 0 Å². The third-order valence-electron chi connectivity index (χ3n) is 3.21. The summed E-state index contributed by atoms with van der Waals surface area (Å²) in [5.74, 6) is -0.315. The van der Waals surface area contributed by atoms with Crippen LogP contribution >= 0.6 is 0 Å². The maximum atomic E-state index is 11.4. The van der Waals surface area contributed by atoms with Gasteiger partial charge in [-0.25, -0.2) is 4.79 Å². The molecule has 0 aliphatic carbocycles. The Hall–Kier alpha value is -2.48. The molecule has 0 unspecified atom stereocenters. The van der Waals surface area contributed by atoms with Gasteiger partial charge in [0.1, 0.15) is 6.61 Å². The van der Waals surface area contributed by atoms with Crippen molar-refractivity contribution in [1.82, 2.24) is 15.2 Å². The van der Waals surface area contributed by atoms with Crippen LogP contribution in [-0.4, -0.2) is 54.1 Å². The Morgan fingerprint density at radius 2 is 2.00 bits per heavy atom. The summed E-state index contributed by atoms with van der Waals surface area (Å²) in [5, 5.41) is 2.54. The number of imide groups is 1. The summed E-state index contributed by atoms with van der Waals surface area (Å²) in [6.07, 6.45) is 1.63. The molecule has 1 aromatic rings. The summed E-state index contributed by atoms with van der Waals surface area (Å²) in [6.45, 7) is 1.16. The van der Waals surface area contributed by atoms with E-state index in [0.717, 1.165) is 0 Å². The molecule has 8 heteroatoms. The number of nitrogens with zero attached hydrogens (tertiary/aromatic N) is 2. The van der Waals surface area contributed by atoms with Crippen molar-refractivity contribution in [2.24, 2.45) is 0 Å². The Balaban J connectivity index is 1.49. The van der Waals surface area contributed by atoms with Crippen molar-refractivity contribution >= 4 is 17.9 Å². The van der Waals surface area contributed by atoms with Crippen molar-refractivity contribution in [3.63, 3.8) is 0 Å². The highest BCUT2D eigenvalue weighted by atomic mass is 16.5. The van der Waals surface area contributed by atoms with Crippen molar-refractivity contribution < 1.29 is 23.9 Å². The number of hydrogen-bond donors (Lipinski definition) is 1. The predicted molar refractivity (Wildman–Crippen MR) is 79.2 cm³/mol. The number of carbonyl (C=O) groups is 3. The third-order valence-corrected chi connectivity index (χ3v) is 3.21. The van der Waals surface area contributed by atoms with E-state index in [1.807, 2.05) is 6.07 Å². The topological polar surface area (TPSA) is 97.8 Å². The first-order chi connectivity index (χ1) is 11.2.